The molecule has 0 unspecified atom stereocenters. The number of nitrogens with one attached hydrogen (secondary N) is 1. The molecular weight excluding hydrogens is 294 g/mol. The lowest BCUT2D eigenvalue weighted by atomic mass is 10.1. The van der Waals surface area contributed by atoms with E-state index in [1.54, 1.807) is 0 Å². The average molecular weight is 306 g/mol. The maximum atomic E-state index is 3.55. The van der Waals surface area contributed by atoms with Crippen molar-refractivity contribution in [3.63, 3.8) is 0 Å². The second-order valence-corrected chi connectivity index (χ2v) is 6.32. The van der Waals surface area contributed by atoms with Gasteiger partial charge in [-0.15, -0.1) is 0 Å². The highest BCUT2D eigenvalue weighted by molar-refractivity contribution is 9.10. The topological polar surface area (TPSA) is 12.0 Å². The van der Waals surface area contributed by atoms with Crippen LogP contribution in [0.3, 0.4) is 0 Å². The molecule has 0 aliphatic carbocycles. The van der Waals surface area contributed by atoms with Gasteiger partial charge in [-0.05, 0) is 49.2 Å². The van der Waals surface area contributed by atoms with Crippen LogP contribution in [-0.4, -0.2) is 0 Å². The van der Waals surface area contributed by atoms with E-state index in [2.05, 4.69) is 65.4 Å². The van der Waals surface area contributed by atoms with Gasteiger partial charge in [-0.2, -0.15) is 0 Å². The largest absolute Gasteiger partial charge is 0.353 e. The Kier molecular flexibility index (Phi) is 2.68. The van der Waals surface area contributed by atoms with Crippen LogP contribution in [0.25, 0.3) is 0 Å². The zero-order valence-corrected chi connectivity index (χ0v) is 12.1. The number of hydrogen-bond acceptors (Lipinski definition) is 2. The van der Waals surface area contributed by atoms with Crippen LogP contribution in [0, 0.1) is 13.8 Å². The van der Waals surface area contributed by atoms with Crippen molar-refractivity contribution in [2.45, 2.75) is 23.6 Å². The number of benzene rings is 2. The Hall–Kier alpha value is -0.930. The highest BCUT2D eigenvalue weighted by Crippen LogP contribution is 2.46. The number of aryl methyl sites for hydroxylation is 2. The van der Waals surface area contributed by atoms with Crippen molar-refractivity contribution < 1.29 is 0 Å². The van der Waals surface area contributed by atoms with Crippen molar-refractivity contribution in [3.05, 3.63) is 45.9 Å². The minimum Gasteiger partial charge on any atom is -0.353 e. The number of anilines is 2. The Morgan fingerprint density at radius 3 is 2.71 bits per heavy atom. The number of fused-ring (bicyclic) bond motifs is 2. The van der Waals surface area contributed by atoms with Gasteiger partial charge in [0.15, 0.2) is 0 Å². The van der Waals surface area contributed by atoms with Crippen LogP contribution in [0.2, 0.25) is 0 Å². The molecule has 3 heteroatoms. The first kappa shape index (κ1) is 11.2. The molecule has 0 radical (unpaired) electrons. The first-order valence-corrected chi connectivity index (χ1v) is 7.10. The highest BCUT2D eigenvalue weighted by Gasteiger charge is 2.17. The van der Waals surface area contributed by atoms with Crippen LogP contribution in [-0.2, 0) is 0 Å². The van der Waals surface area contributed by atoms with Crippen molar-refractivity contribution in [1.82, 2.24) is 0 Å². The zero-order valence-electron chi connectivity index (χ0n) is 9.67. The van der Waals surface area contributed by atoms with E-state index in [1.807, 2.05) is 11.8 Å². The summed E-state index contributed by atoms with van der Waals surface area (Å²) in [6, 6.07) is 10.8. The third-order valence-electron chi connectivity index (χ3n) is 2.88. The van der Waals surface area contributed by atoms with E-state index >= 15 is 0 Å². The van der Waals surface area contributed by atoms with Gasteiger partial charge in [0.2, 0.25) is 0 Å². The fourth-order valence-electron chi connectivity index (χ4n) is 2.02. The van der Waals surface area contributed by atoms with Crippen molar-refractivity contribution >= 4 is 39.1 Å². The van der Waals surface area contributed by atoms with E-state index in [0.29, 0.717) is 0 Å². The molecule has 0 bridgehead atoms. The van der Waals surface area contributed by atoms with E-state index < -0.39 is 0 Å². The number of hydrogen-bond donors (Lipinski definition) is 1. The van der Waals surface area contributed by atoms with Crippen LogP contribution in [0.15, 0.2) is 44.6 Å². The molecule has 0 atom stereocenters. The van der Waals surface area contributed by atoms with Gasteiger partial charge >= 0.3 is 0 Å². The minimum absolute atomic E-state index is 1.14. The maximum absolute atomic E-state index is 3.55. The Labute approximate surface area is 114 Å². The number of halogens is 1. The Morgan fingerprint density at radius 2 is 1.88 bits per heavy atom. The van der Waals surface area contributed by atoms with Gasteiger partial charge < -0.3 is 5.32 Å². The third kappa shape index (κ3) is 1.98. The van der Waals surface area contributed by atoms with Crippen LogP contribution in [0.4, 0.5) is 11.4 Å². The smallest absolute Gasteiger partial charge is 0.0556 e. The normalized spacial score (nSPS) is 12.6. The summed E-state index contributed by atoms with van der Waals surface area (Å²) in [5.41, 5.74) is 5.01. The monoisotopic (exact) mass is 305 g/mol. The molecule has 2 aromatic rings. The molecule has 3 rings (SSSR count). The molecule has 1 N–H and O–H groups in total. The van der Waals surface area contributed by atoms with Gasteiger partial charge in [0.1, 0.15) is 0 Å². The minimum atomic E-state index is 1.14. The number of rotatable bonds is 0. The van der Waals surface area contributed by atoms with Gasteiger partial charge in [0, 0.05) is 14.3 Å². The molecule has 1 aliphatic rings. The second-order valence-electron chi connectivity index (χ2n) is 4.32. The van der Waals surface area contributed by atoms with E-state index in [-0.39, 0.29) is 0 Å². The summed E-state index contributed by atoms with van der Waals surface area (Å²) in [5.74, 6) is 0. The first-order chi connectivity index (χ1) is 8.13. The fourth-order valence-corrected chi connectivity index (χ4v) is 3.96. The molecule has 0 fully saturated rings. The van der Waals surface area contributed by atoms with Crippen LogP contribution < -0.4 is 5.32 Å². The van der Waals surface area contributed by atoms with Crippen LogP contribution in [0.1, 0.15) is 11.1 Å². The van der Waals surface area contributed by atoms with Gasteiger partial charge in [0.05, 0.1) is 11.4 Å². The summed E-state index contributed by atoms with van der Waals surface area (Å²) in [7, 11) is 0. The molecule has 0 aromatic heterocycles. The van der Waals surface area contributed by atoms with Crippen LogP contribution in [0.5, 0.6) is 0 Å². The van der Waals surface area contributed by atoms with Crippen molar-refractivity contribution in [3.8, 4) is 0 Å². The molecule has 0 saturated carbocycles. The summed E-state index contributed by atoms with van der Waals surface area (Å²) in [5, 5.41) is 3.52. The summed E-state index contributed by atoms with van der Waals surface area (Å²) in [6.45, 7) is 4.26. The molecule has 1 heterocycles. The van der Waals surface area contributed by atoms with E-state index in [1.165, 1.54) is 32.3 Å². The predicted octanol–water partition coefficient (Wildman–Crippen LogP) is 5.27. The lowest BCUT2D eigenvalue weighted by Crippen LogP contribution is -2.02. The first-order valence-electron chi connectivity index (χ1n) is 5.49. The van der Waals surface area contributed by atoms with Gasteiger partial charge in [-0.25, -0.2) is 0 Å². The van der Waals surface area contributed by atoms with Gasteiger partial charge in [-0.3, -0.25) is 0 Å². The Bertz CT molecular complexity index is 607. The summed E-state index contributed by atoms with van der Waals surface area (Å²) in [4.78, 5) is 2.59. The van der Waals surface area contributed by atoms with E-state index in [9.17, 15) is 0 Å². The maximum Gasteiger partial charge on any atom is 0.0556 e. The SMILES string of the molecule is Cc1ccc2c(c1)Sc1cc(Br)cc(C)c1N2. The van der Waals surface area contributed by atoms with Crippen molar-refractivity contribution in [2.75, 3.05) is 5.32 Å². The van der Waals surface area contributed by atoms with E-state index in [0.717, 1.165) is 4.47 Å². The Morgan fingerprint density at radius 1 is 1.06 bits per heavy atom. The zero-order chi connectivity index (χ0) is 12.0. The highest BCUT2D eigenvalue weighted by atomic mass is 79.9. The van der Waals surface area contributed by atoms with E-state index in [4.69, 9.17) is 0 Å². The molecule has 0 amide bonds. The quantitative estimate of drug-likeness (QED) is 0.607. The molecule has 1 aliphatic heterocycles. The van der Waals surface area contributed by atoms with Crippen LogP contribution >= 0.6 is 27.7 Å². The molecule has 17 heavy (non-hydrogen) atoms. The molecule has 0 spiro atoms. The summed E-state index contributed by atoms with van der Waals surface area (Å²) in [6.07, 6.45) is 0. The second kappa shape index (κ2) is 4.07. The lowest BCUT2D eigenvalue weighted by molar-refractivity contribution is 1.25. The third-order valence-corrected chi connectivity index (χ3v) is 4.44. The van der Waals surface area contributed by atoms with Gasteiger partial charge in [0.25, 0.3) is 0 Å². The molecule has 1 nitrogen and oxygen atoms in total. The van der Waals surface area contributed by atoms with Crippen molar-refractivity contribution in [1.29, 1.82) is 0 Å². The molecule has 0 saturated heterocycles. The summed E-state index contributed by atoms with van der Waals surface area (Å²) < 4.78 is 1.14. The molecule has 2 aromatic carbocycles. The molecular formula is C14H12BrNS. The average Bonchev–Trinajstić information content (AvgIpc) is 2.26. The fraction of sp³-hybridized carbons (Fsp3) is 0.143. The lowest BCUT2D eigenvalue weighted by Gasteiger charge is -2.23. The Balaban J connectivity index is 2.14. The van der Waals surface area contributed by atoms with Crippen molar-refractivity contribution in [2.24, 2.45) is 0 Å². The summed E-state index contributed by atoms with van der Waals surface area (Å²) >= 11 is 5.39. The standard InChI is InChI=1S/C14H12BrNS/c1-8-3-4-11-12(5-8)17-13-7-10(15)6-9(2)14(13)16-11/h3-7,16H,1-2H3. The predicted molar refractivity (Wildman–Crippen MR) is 77.5 cm³/mol. The molecule has 86 valence electrons. The van der Waals surface area contributed by atoms with Gasteiger partial charge in [-0.1, -0.05) is 33.8 Å².